The van der Waals surface area contributed by atoms with Gasteiger partial charge in [0, 0.05) is 17.2 Å². The molecule has 31 heavy (non-hydrogen) atoms. The van der Waals surface area contributed by atoms with Crippen LogP contribution in [-0.2, 0) is 0 Å². The van der Waals surface area contributed by atoms with Crippen LogP contribution in [0.25, 0.3) is 32.5 Å². The first-order chi connectivity index (χ1) is 15.0. The first-order valence-corrected chi connectivity index (χ1v) is 10.6. The van der Waals surface area contributed by atoms with E-state index in [0.717, 1.165) is 26.9 Å². The lowest BCUT2D eigenvalue weighted by Crippen LogP contribution is -2.11. The normalized spacial score (nSPS) is 11.2. The third kappa shape index (κ3) is 3.73. The van der Waals surface area contributed by atoms with Crippen LogP contribution in [0.2, 0.25) is 0 Å². The molecule has 1 amide bonds. The number of amides is 1. The number of benzene rings is 3. The Morgan fingerprint density at radius 2 is 1.68 bits per heavy atom. The summed E-state index contributed by atoms with van der Waals surface area (Å²) in [5.41, 5.74) is 4.70. The van der Waals surface area contributed by atoms with Crippen molar-refractivity contribution in [1.82, 2.24) is 4.98 Å². The summed E-state index contributed by atoms with van der Waals surface area (Å²) in [5, 5.41) is 3.98. The number of rotatable bonds is 3. The zero-order chi connectivity index (χ0) is 21.5. The first kappa shape index (κ1) is 19.2. The van der Waals surface area contributed by atoms with Crippen molar-refractivity contribution in [2.75, 3.05) is 5.32 Å². The van der Waals surface area contributed by atoms with Gasteiger partial charge in [0.1, 0.15) is 11.3 Å². The number of nitrogens with zero attached hydrogens (tertiary/aromatic N) is 1. The molecular weight excluding hydrogens is 408 g/mol. The summed E-state index contributed by atoms with van der Waals surface area (Å²) >= 11 is 1.45. The van der Waals surface area contributed by atoms with Crippen LogP contribution in [0, 0.1) is 13.8 Å². The van der Waals surface area contributed by atoms with Gasteiger partial charge in [0.2, 0.25) is 0 Å². The van der Waals surface area contributed by atoms with Crippen LogP contribution in [0.4, 0.5) is 5.13 Å². The minimum absolute atomic E-state index is 0.0900. The van der Waals surface area contributed by atoms with Gasteiger partial charge in [0.15, 0.2) is 10.6 Å². The number of hydrogen-bond donors (Lipinski definition) is 1. The van der Waals surface area contributed by atoms with E-state index in [9.17, 15) is 9.59 Å². The third-order valence-electron chi connectivity index (χ3n) is 5.08. The van der Waals surface area contributed by atoms with E-state index in [1.54, 1.807) is 30.3 Å². The van der Waals surface area contributed by atoms with Gasteiger partial charge in [-0.2, -0.15) is 0 Å². The molecule has 152 valence electrons. The second-order valence-corrected chi connectivity index (χ2v) is 8.53. The van der Waals surface area contributed by atoms with Crippen molar-refractivity contribution in [1.29, 1.82) is 0 Å². The highest BCUT2D eigenvalue weighted by atomic mass is 32.1. The zero-order valence-corrected chi connectivity index (χ0v) is 17.7. The van der Waals surface area contributed by atoms with Crippen molar-refractivity contribution in [3.8, 4) is 11.3 Å². The van der Waals surface area contributed by atoms with Crippen LogP contribution in [0.15, 0.2) is 75.9 Å². The van der Waals surface area contributed by atoms with Crippen LogP contribution in [-0.4, -0.2) is 10.9 Å². The molecule has 0 aliphatic heterocycles. The predicted molar refractivity (Wildman–Crippen MR) is 125 cm³/mol. The molecule has 5 rings (SSSR count). The molecule has 2 heterocycles. The van der Waals surface area contributed by atoms with E-state index in [0.29, 0.717) is 27.4 Å². The summed E-state index contributed by atoms with van der Waals surface area (Å²) in [6, 6.07) is 20.0. The molecule has 5 nitrogen and oxygen atoms in total. The number of hydrogen-bond acceptors (Lipinski definition) is 5. The van der Waals surface area contributed by atoms with Crippen molar-refractivity contribution in [3.05, 3.63) is 93.6 Å². The molecule has 0 aliphatic rings. The third-order valence-corrected chi connectivity index (χ3v) is 6.01. The summed E-state index contributed by atoms with van der Waals surface area (Å²) in [6.07, 6.45) is 0. The van der Waals surface area contributed by atoms with E-state index >= 15 is 0 Å². The van der Waals surface area contributed by atoms with Crippen LogP contribution in [0.5, 0.6) is 0 Å². The molecule has 0 saturated heterocycles. The molecule has 6 heteroatoms. The zero-order valence-electron chi connectivity index (χ0n) is 16.9. The Labute approximate surface area is 182 Å². The largest absolute Gasteiger partial charge is 0.456 e. The number of aromatic nitrogens is 1. The van der Waals surface area contributed by atoms with E-state index < -0.39 is 0 Å². The molecule has 0 fully saturated rings. The van der Waals surface area contributed by atoms with Crippen LogP contribution in [0.1, 0.15) is 21.5 Å². The summed E-state index contributed by atoms with van der Waals surface area (Å²) in [5.74, 6) is 0.229. The van der Waals surface area contributed by atoms with Gasteiger partial charge in [-0.3, -0.25) is 14.9 Å². The molecule has 2 aromatic heterocycles. The van der Waals surface area contributed by atoms with Crippen LogP contribution in [0.3, 0.4) is 0 Å². The number of aryl methyl sites for hydroxylation is 2. The molecular formula is C25H18N2O3S. The first-order valence-electron chi connectivity index (χ1n) is 9.80. The summed E-state index contributed by atoms with van der Waals surface area (Å²) in [7, 11) is 0. The molecule has 0 spiro atoms. The Bertz CT molecular complexity index is 1510. The topological polar surface area (TPSA) is 72.2 Å². The van der Waals surface area contributed by atoms with E-state index in [1.807, 2.05) is 38.1 Å². The van der Waals surface area contributed by atoms with Crippen molar-refractivity contribution < 1.29 is 9.21 Å². The standard InChI is InChI=1S/C25H18N2O3S/c1-14-4-10-21-18(11-14)20(28)13-22(30-21)16-5-7-17(8-6-16)24(29)27-25-26-19-9-3-15(2)12-23(19)31-25/h3-13H,1-2H3,(H,26,27,29). The molecule has 5 aromatic rings. The SMILES string of the molecule is Cc1ccc2nc(NC(=O)c3ccc(-c4cc(=O)c5cc(C)ccc5o4)cc3)sc2c1. The van der Waals surface area contributed by atoms with Crippen LogP contribution >= 0.6 is 11.3 Å². The Balaban J connectivity index is 1.40. The fraction of sp³-hybridized carbons (Fsp3) is 0.0800. The van der Waals surface area contributed by atoms with Gasteiger partial charge < -0.3 is 4.42 Å². The molecule has 3 aromatic carbocycles. The van der Waals surface area contributed by atoms with Crippen molar-refractivity contribution in [2.45, 2.75) is 13.8 Å². The number of fused-ring (bicyclic) bond motifs is 2. The molecule has 0 unspecified atom stereocenters. The second-order valence-electron chi connectivity index (χ2n) is 7.50. The maximum absolute atomic E-state index is 12.6. The summed E-state index contributed by atoms with van der Waals surface area (Å²) in [6.45, 7) is 3.96. The fourth-order valence-corrected chi connectivity index (χ4v) is 4.41. The highest BCUT2D eigenvalue weighted by molar-refractivity contribution is 7.22. The maximum atomic E-state index is 12.6. The Hall–Kier alpha value is -3.77. The summed E-state index contributed by atoms with van der Waals surface area (Å²) in [4.78, 5) is 29.6. The maximum Gasteiger partial charge on any atom is 0.257 e. The molecule has 0 atom stereocenters. The van der Waals surface area contributed by atoms with E-state index in [2.05, 4.69) is 16.4 Å². The lowest BCUT2D eigenvalue weighted by atomic mass is 10.1. The van der Waals surface area contributed by atoms with Gasteiger partial charge in [-0.25, -0.2) is 4.98 Å². The quantitative estimate of drug-likeness (QED) is 0.388. The molecule has 0 bridgehead atoms. The lowest BCUT2D eigenvalue weighted by Gasteiger charge is -2.06. The monoisotopic (exact) mass is 426 g/mol. The predicted octanol–water partition coefficient (Wildman–Crippen LogP) is 5.94. The average molecular weight is 426 g/mol. The van der Waals surface area contributed by atoms with Crippen molar-refractivity contribution in [2.24, 2.45) is 0 Å². The lowest BCUT2D eigenvalue weighted by molar-refractivity contribution is 0.102. The van der Waals surface area contributed by atoms with Gasteiger partial charge in [0.05, 0.1) is 15.6 Å². The van der Waals surface area contributed by atoms with Crippen molar-refractivity contribution >= 4 is 43.6 Å². The number of thiazole rings is 1. The number of anilines is 1. The highest BCUT2D eigenvalue weighted by Crippen LogP contribution is 2.27. The average Bonchev–Trinajstić information content (AvgIpc) is 3.15. The van der Waals surface area contributed by atoms with Gasteiger partial charge >= 0.3 is 0 Å². The van der Waals surface area contributed by atoms with E-state index in [4.69, 9.17) is 4.42 Å². The molecule has 0 radical (unpaired) electrons. The van der Waals surface area contributed by atoms with E-state index in [-0.39, 0.29) is 11.3 Å². The highest BCUT2D eigenvalue weighted by Gasteiger charge is 2.12. The minimum atomic E-state index is -0.238. The Kier molecular flexibility index (Phi) is 4.64. The van der Waals surface area contributed by atoms with Gasteiger partial charge in [-0.05, 0) is 55.8 Å². The van der Waals surface area contributed by atoms with Gasteiger partial charge in [0.25, 0.3) is 5.91 Å². The smallest absolute Gasteiger partial charge is 0.257 e. The fourth-order valence-electron chi connectivity index (χ4n) is 3.45. The molecule has 0 saturated carbocycles. The summed E-state index contributed by atoms with van der Waals surface area (Å²) < 4.78 is 6.95. The van der Waals surface area contributed by atoms with E-state index in [1.165, 1.54) is 17.4 Å². The number of carbonyl (C=O) groups excluding carboxylic acids is 1. The van der Waals surface area contributed by atoms with Crippen LogP contribution < -0.4 is 10.7 Å². The minimum Gasteiger partial charge on any atom is -0.456 e. The van der Waals surface area contributed by atoms with Crippen molar-refractivity contribution in [3.63, 3.8) is 0 Å². The van der Waals surface area contributed by atoms with Gasteiger partial charge in [-0.15, -0.1) is 0 Å². The Morgan fingerprint density at radius 1 is 0.935 bits per heavy atom. The van der Waals surface area contributed by atoms with Gasteiger partial charge in [-0.1, -0.05) is 41.2 Å². The second kappa shape index (κ2) is 7.49. The molecule has 1 N–H and O–H groups in total. The number of nitrogens with one attached hydrogen (secondary N) is 1. The Morgan fingerprint density at radius 3 is 2.48 bits per heavy atom. The molecule has 0 aliphatic carbocycles. The number of carbonyl (C=O) groups is 1.